The second kappa shape index (κ2) is 5.42. The molecule has 5 heteroatoms. The number of nitrogens with zero attached hydrogens (tertiary/aromatic N) is 4. The molecule has 1 aromatic carbocycles. The highest BCUT2D eigenvalue weighted by atomic mass is 16.3. The van der Waals surface area contributed by atoms with Gasteiger partial charge in [-0.25, -0.2) is 9.67 Å². The summed E-state index contributed by atoms with van der Waals surface area (Å²) in [5, 5.41) is 16.3. The minimum absolute atomic E-state index is 0.181. The maximum absolute atomic E-state index is 11.9. The van der Waals surface area contributed by atoms with Crippen molar-refractivity contribution in [2.24, 2.45) is 5.92 Å². The molecule has 1 fully saturated rings. The summed E-state index contributed by atoms with van der Waals surface area (Å²) < 4.78 is 1.90. The van der Waals surface area contributed by atoms with Crippen molar-refractivity contribution in [1.29, 1.82) is 0 Å². The summed E-state index contributed by atoms with van der Waals surface area (Å²) in [4.78, 5) is 6.81. The summed E-state index contributed by atoms with van der Waals surface area (Å²) in [5.74, 6) is 0.900. The lowest BCUT2D eigenvalue weighted by atomic mass is 9.73. The molecule has 1 unspecified atom stereocenters. The molecule has 0 radical (unpaired) electrons. The second-order valence-electron chi connectivity index (χ2n) is 7.00. The van der Waals surface area contributed by atoms with Crippen molar-refractivity contribution in [2.45, 2.75) is 38.3 Å². The standard InChI is InChI=1S/C18H24N4O/c1-13-4-3-5-16-15(13)8-11-22-17(19-12-20-22)18(16,23)14-6-9-21(2)10-7-14/h3-5,12,14,23H,6-11H2,1-2H3. The van der Waals surface area contributed by atoms with Crippen LogP contribution in [0.5, 0.6) is 0 Å². The van der Waals surface area contributed by atoms with Crippen LogP contribution >= 0.6 is 0 Å². The van der Waals surface area contributed by atoms with E-state index in [1.54, 1.807) is 6.33 Å². The zero-order chi connectivity index (χ0) is 16.0. The third-order valence-electron chi connectivity index (χ3n) is 5.66. The van der Waals surface area contributed by atoms with E-state index in [9.17, 15) is 5.11 Å². The fourth-order valence-electron chi connectivity index (χ4n) is 4.28. The maximum atomic E-state index is 11.9. The van der Waals surface area contributed by atoms with Gasteiger partial charge in [-0.05, 0) is 63.0 Å². The highest BCUT2D eigenvalue weighted by molar-refractivity contribution is 5.43. The molecule has 4 rings (SSSR count). The van der Waals surface area contributed by atoms with E-state index in [4.69, 9.17) is 0 Å². The Kier molecular flexibility index (Phi) is 3.50. The molecule has 2 aromatic rings. The summed E-state index contributed by atoms with van der Waals surface area (Å²) in [6.45, 7) is 4.95. The zero-order valence-corrected chi connectivity index (χ0v) is 13.9. The van der Waals surface area contributed by atoms with Crippen LogP contribution in [0.2, 0.25) is 0 Å². The van der Waals surface area contributed by atoms with Crippen molar-refractivity contribution in [3.05, 3.63) is 47.0 Å². The molecule has 0 saturated carbocycles. The normalized spacial score (nSPS) is 25.7. The van der Waals surface area contributed by atoms with Gasteiger partial charge in [0, 0.05) is 12.5 Å². The summed E-state index contributed by atoms with van der Waals surface area (Å²) in [6.07, 6.45) is 4.43. The first-order chi connectivity index (χ1) is 11.1. The number of fused-ring (bicyclic) bond motifs is 2. The first-order valence-corrected chi connectivity index (χ1v) is 8.49. The van der Waals surface area contributed by atoms with Crippen LogP contribution < -0.4 is 0 Å². The topological polar surface area (TPSA) is 54.2 Å². The van der Waals surface area contributed by atoms with Crippen molar-refractivity contribution in [3.63, 3.8) is 0 Å². The molecule has 1 saturated heterocycles. The smallest absolute Gasteiger partial charge is 0.163 e. The SMILES string of the molecule is Cc1cccc2c1CCn1ncnc1C2(O)C1CCN(C)CC1. The van der Waals surface area contributed by atoms with Crippen LogP contribution in [0.15, 0.2) is 24.5 Å². The molecule has 5 nitrogen and oxygen atoms in total. The zero-order valence-electron chi connectivity index (χ0n) is 13.9. The number of aryl methyl sites for hydroxylation is 2. The number of aliphatic hydroxyl groups is 1. The van der Waals surface area contributed by atoms with Gasteiger partial charge in [-0.1, -0.05) is 18.2 Å². The van der Waals surface area contributed by atoms with Gasteiger partial charge in [-0.2, -0.15) is 5.10 Å². The van der Waals surface area contributed by atoms with Crippen LogP contribution in [0, 0.1) is 12.8 Å². The van der Waals surface area contributed by atoms with Gasteiger partial charge >= 0.3 is 0 Å². The highest BCUT2D eigenvalue weighted by Crippen LogP contribution is 2.44. The van der Waals surface area contributed by atoms with Crippen LogP contribution in [-0.2, 0) is 18.6 Å². The van der Waals surface area contributed by atoms with E-state index in [0.717, 1.165) is 50.3 Å². The predicted octanol–water partition coefficient (Wildman–Crippen LogP) is 1.72. The minimum Gasteiger partial charge on any atom is -0.377 e. The minimum atomic E-state index is -1.03. The third kappa shape index (κ3) is 2.22. The van der Waals surface area contributed by atoms with E-state index in [0.29, 0.717) is 0 Å². The van der Waals surface area contributed by atoms with Crippen molar-refractivity contribution >= 4 is 0 Å². The number of likely N-dealkylation sites (tertiary alicyclic amines) is 1. The number of hydrogen-bond donors (Lipinski definition) is 1. The Morgan fingerprint density at radius 1 is 1.22 bits per heavy atom. The molecule has 0 spiro atoms. The molecule has 23 heavy (non-hydrogen) atoms. The lowest BCUT2D eigenvalue weighted by Gasteiger charge is -2.40. The monoisotopic (exact) mass is 312 g/mol. The van der Waals surface area contributed by atoms with E-state index in [1.807, 2.05) is 4.68 Å². The fourth-order valence-corrected chi connectivity index (χ4v) is 4.28. The maximum Gasteiger partial charge on any atom is 0.163 e. The largest absolute Gasteiger partial charge is 0.377 e. The molecule has 122 valence electrons. The number of hydrogen-bond acceptors (Lipinski definition) is 4. The molecule has 2 aliphatic rings. The molecule has 1 N–H and O–H groups in total. The second-order valence-corrected chi connectivity index (χ2v) is 7.00. The van der Waals surface area contributed by atoms with Gasteiger partial charge in [0.1, 0.15) is 6.33 Å². The number of piperidine rings is 1. The molecule has 1 atom stereocenters. The molecule has 0 amide bonds. The Balaban J connectivity index is 1.89. The van der Waals surface area contributed by atoms with Crippen molar-refractivity contribution < 1.29 is 5.11 Å². The van der Waals surface area contributed by atoms with E-state index < -0.39 is 5.60 Å². The van der Waals surface area contributed by atoms with Crippen LogP contribution in [0.3, 0.4) is 0 Å². The Morgan fingerprint density at radius 2 is 2.00 bits per heavy atom. The molecule has 0 bridgehead atoms. The fraction of sp³-hybridized carbons (Fsp3) is 0.556. The van der Waals surface area contributed by atoms with Gasteiger partial charge in [-0.3, -0.25) is 0 Å². The van der Waals surface area contributed by atoms with Gasteiger partial charge in [0.05, 0.1) is 0 Å². The Labute approximate surface area is 137 Å². The quantitative estimate of drug-likeness (QED) is 0.871. The molecular formula is C18H24N4O. The summed E-state index contributed by atoms with van der Waals surface area (Å²) >= 11 is 0. The Morgan fingerprint density at radius 3 is 2.78 bits per heavy atom. The average Bonchev–Trinajstić information content (AvgIpc) is 2.98. The van der Waals surface area contributed by atoms with Crippen LogP contribution in [0.1, 0.15) is 35.4 Å². The first-order valence-electron chi connectivity index (χ1n) is 8.49. The lowest BCUT2D eigenvalue weighted by Crippen LogP contribution is -2.44. The first kappa shape index (κ1) is 14.8. The van der Waals surface area contributed by atoms with E-state index in [-0.39, 0.29) is 5.92 Å². The number of rotatable bonds is 1. The van der Waals surface area contributed by atoms with Gasteiger partial charge in [0.2, 0.25) is 0 Å². The summed E-state index contributed by atoms with van der Waals surface area (Å²) in [6, 6.07) is 6.28. The van der Waals surface area contributed by atoms with Crippen LogP contribution in [0.25, 0.3) is 0 Å². The van der Waals surface area contributed by atoms with Crippen molar-refractivity contribution in [3.8, 4) is 0 Å². The molecule has 2 aliphatic heterocycles. The lowest BCUT2D eigenvalue weighted by molar-refractivity contribution is -0.0202. The van der Waals surface area contributed by atoms with Gasteiger partial charge in [0.25, 0.3) is 0 Å². The third-order valence-corrected chi connectivity index (χ3v) is 5.66. The van der Waals surface area contributed by atoms with Crippen molar-refractivity contribution in [2.75, 3.05) is 20.1 Å². The Bertz CT molecular complexity index is 718. The summed E-state index contributed by atoms with van der Waals surface area (Å²) in [5.41, 5.74) is 2.52. The van der Waals surface area contributed by atoms with Gasteiger partial charge < -0.3 is 10.0 Å². The predicted molar refractivity (Wildman–Crippen MR) is 88.1 cm³/mol. The van der Waals surface area contributed by atoms with Crippen LogP contribution in [0.4, 0.5) is 0 Å². The van der Waals surface area contributed by atoms with Crippen LogP contribution in [-0.4, -0.2) is 44.9 Å². The van der Waals surface area contributed by atoms with Gasteiger partial charge in [-0.15, -0.1) is 0 Å². The molecule has 3 heterocycles. The summed E-state index contributed by atoms with van der Waals surface area (Å²) in [7, 11) is 2.15. The van der Waals surface area contributed by atoms with Crippen molar-refractivity contribution in [1.82, 2.24) is 19.7 Å². The highest BCUT2D eigenvalue weighted by Gasteiger charge is 2.47. The van der Waals surface area contributed by atoms with Gasteiger partial charge in [0.15, 0.2) is 11.4 Å². The van der Waals surface area contributed by atoms with E-state index in [1.165, 1.54) is 11.1 Å². The molecular weight excluding hydrogens is 288 g/mol. The average molecular weight is 312 g/mol. The number of benzene rings is 1. The van der Waals surface area contributed by atoms with E-state index >= 15 is 0 Å². The van der Waals surface area contributed by atoms with E-state index in [2.05, 4.69) is 47.2 Å². The molecule has 1 aromatic heterocycles. The Hall–Kier alpha value is -1.72. The number of aromatic nitrogens is 3. The molecule has 0 aliphatic carbocycles.